The van der Waals surface area contributed by atoms with E-state index in [-0.39, 0.29) is 36.9 Å². The smallest absolute Gasteiger partial charge is 0.338 e. The van der Waals surface area contributed by atoms with Crippen molar-refractivity contribution in [3.8, 4) is 0 Å². The van der Waals surface area contributed by atoms with Crippen LogP contribution in [-0.4, -0.2) is 44.8 Å². The monoisotopic (exact) mass is 342 g/mol. The van der Waals surface area contributed by atoms with Crippen molar-refractivity contribution in [2.24, 2.45) is 13.0 Å². The summed E-state index contributed by atoms with van der Waals surface area (Å²) in [7, 11) is 1.59. The number of hydrogen-bond donors (Lipinski definition) is 1. The zero-order valence-corrected chi connectivity index (χ0v) is 13.3. The van der Waals surface area contributed by atoms with E-state index in [9.17, 15) is 22.8 Å². The molecule has 0 unspecified atom stereocenters. The average molecular weight is 342 g/mol. The molecule has 130 valence electrons. The zero-order valence-electron chi connectivity index (χ0n) is 13.3. The van der Waals surface area contributed by atoms with Gasteiger partial charge < -0.3 is 4.90 Å². The number of H-pyrrole nitrogens is 1. The normalized spacial score (nSPS) is 19.0. The topological polar surface area (TPSA) is 71.0 Å². The van der Waals surface area contributed by atoms with Gasteiger partial charge in [-0.05, 0) is 25.8 Å². The van der Waals surface area contributed by atoms with Gasteiger partial charge in [0, 0.05) is 25.8 Å². The number of likely N-dealkylation sites (tertiary alicyclic amines) is 1. The lowest BCUT2D eigenvalue weighted by Crippen LogP contribution is -2.44. The zero-order chi connectivity index (χ0) is 17.6. The molecule has 0 spiro atoms. The van der Waals surface area contributed by atoms with Crippen LogP contribution in [0.1, 0.15) is 28.9 Å². The maximum Gasteiger partial charge on any atom is 0.393 e. The number of carbonyl (C=O) groups excluding carboxylic acids is 1. The minimum absolute atomic E-state index is 0.0178. The highest BCUT2D eigenvalue weighted by Crippen LogP contribution is 2.33. The lowest BCUT2D eigenvalue weighted by atomic mass is 9.96. The number of nitrogens with zero attached hydrogens (tertiary/aromatic N) is 3. The largest absolute Gasteiger partial charge is 0.393 e. The third kappa shape index (κ3) is 2.78. The number of rotatable bonds is 1. The number of hydrogen-bond acceptors (Lipinski definition) is 3. The van der Waals surface area contributed by atoms with Gasteiger partial charge in [0.05, 0.1) is 16.9 Å². The molecule has 1 saturated heterocycles. The second kappa shape index (κ2) is 5.64. The Morgan fingerprint density at radius 3 is 2.79 bits per heavy atom. The Labute approximate surface area is 135 Å². The molecule has 0 bridgehead atoms. The number of amides is 1. The summed E-state index contributed by atoms with van der Waals surface area (Å²) in [6, 6.07) is 1.46. The van der Waals surface area contributed by atoms with Crippen LogP contribution < -0.4 is 5.56 Å². The highest BCUT2D eigenvalue weighted by Gasteiger charge is 2.43. The van der Waals surface area contributed by atoms with Gasteiger partial charge in [-0.15, -0.1) is 0 Å². The second-order valence-electron chi connectivity index (χ2n) is 6.14. The fraction of sp³-hybridized carbons (Fsp3) is 0.533. The van der Waals surface area contributed by atoms with Gasteiger partial charge in [-0.1, -0.05) is 0 Å². The van der Waals surface area contributed by atoms with E-state index >= 15 is 0 Å². The van der Waals surface area contributed by atoms with Crippen LogP contribution in [-0.2, 0) is 7.05 Å². The summed E-state index contributed by atoms with van der Waals surface area (Å²) in [5, 5.41) is 2.63. The van der Waals surface area contributed by atoms with E-state index in [1.54, 1.807) is 14.0 Å². The van der Waals surface area contributed by atoms with Gasteiger partial charge in [0.1, 0.15) is 0 Å². The van der Waals surface area contributed by atoms with Gasteiger partial charge in [-0.3, -0.25) is 19.4 Å². The molecule has 9 heteroatoms. The lowest BCUT2D eigenvalue weighted by molar-refractivity contribution is -0.184. The summed E-state index contributed by atoms with van der Waals surface area (Å²) in [4.78, 5) is 30.2. The number of aryl methyl sites for hydroxylation is 2. The van der Waals surface area contributed by atoms with Crippen molar-refractivity contribution in [2.45, 2.75) is 25.9 Å². The first kappa shape index (κ1) is 16.5. The number of fused-ring (bicyclic) bond motifs is 1. The first-order valence-electron chi connectivity index (χ1n) is 7.61. The maximum absolute atomic E-state index is 13.0. The summed E-state index contributed by atoms with van der Waals surface area (Å²) in [5.41, 5.74) is 0.451. The lowest BCUT2D eigenvalue weighted by Gasteiger charge is -2.33. The van der Waals surface area contributed by atoms with Gasteiger partial charge in [0.25, 0.3) is 11.5 Å². The number of halogens is 3. The highest BCUT2D eigenvalue weighted by atomic mass is 19.4. The van der Waals surface area contributed by atoms with E-state index in [1.165, 1.54) is 15.6 Å². The van der Waals surface area contributed by atoms with Crippen molar-refractivity contribution < 1.29 is 18.0 Å². The highest BCUT2D eigenvalue weighted by molar-refractivity contribution is 6.05. The molecule has 1 aliphatic heterocycles. The molecular formula is C15H17F3N4O2. The molecule has 1 fully saturated rings. The van der Waals surface area contributed by atoms with E-state index in [0.29, 0.717) is 11.3 Å². The Morgan fingerprint density at radius 2 is 2.12 bits per heavy atom. The fourth-order valence-electron chi connectivity index (χ4n) is 3.15. The van der Waals surface area contributed by atoms with E-state index in [1.807, 2.05) is 0 Å². The maximum atomic E-state index is 13.0. The van der Waals surface area contributed by atoms with Gasteiger partial charge in [0.2, 0.25) is 0 Å². The number of nitrogens with one attached hydrogen (secondary N) is 1. The van der Waals surface area contributed by atoms with Crippen LogP contribution in [0.3, 0.4) is 0 Å². The number of aromatic nitrogens is 3. The van der Waals surface area contributed by atoms with Crippen molar-refractivity contribution in [3.05, 3.63) is 27.7 Å². The molecule has 2 aromatic rings. The van der Waals surface area contributed by atoms with E-state index < -0.39 is 23.6 Å². The molecule has 0 saturated carbocycles. The number of piperidine rings is 1. The SMILES string of the molecule is Cc1cc(C(=O)N2CCC[C@@H](C(F)(F)F)C2)c2c(=O)[nH]n(C)c2n1. The first-order valence-corrected chi connectivity index (χ1v) is 7.61. The van der Waals surface area contributed by atoms with Crippen LogP contribution in [0.25, 0.3) is 11.0 Å². The summed E-state index contributed by atoms with van der Waals surface area (Å²) in [5.74, 6) is -2.08. The summed E-state index contributed by atoms with van der Waals surface area (Å²) in [6.45, 7) is 1.54. The van der Waals surface area contributed by atoms with Gasteiger partial charge >= 0.3 is 6.18 Å². The third-order valence-electron chi connectivity index (χ3n) is 4.34. The number of pyridine rings is 1. The summed E-state index contributed by atoms with van der Waals surface area (Å²) in [6.07, 6.45) is -4.02. The molecular weight excluding hydrogens is 325 g/mol. The van der Waals surface area contributed by atoms with Crippen molar-refractivity contribution in [2.75, 3.05) is 13.1 Å². The van der Waals surface area contributed by atoms with E-state index in [4.69, 9.17) is 0 Å². The molecule has 2 aromatic heterocycles. The predicted molar refractivity (Wildman–Crippen MR) is 80.8 cm³/mol. The minimum Gasteiger partial charge on any atom is -0.338 e. The van der Waals surface area contributed by atoms with E-state index in [2.05, 4.69) is 10.1 Å². The molecule has 0 aliphatic carbocycles. The van der Waals surface area contributed by atoms with Crippen molar-refractivity contribution in [1.29, 1.82) is 0 Å². The van der Waals surface area contributed by atoms with Crippen LogP contribution in [0.4, 0.5) is 13.2 Å². The van der Waals surface area contributed by atoms with Crippen molar-refractivity contribution in [1.82, 2.24) is 19.7 Å². The fourth-order valence-corrected chi connectivity index (χ4v) is 3.15. The van der Waals surface area contributed by atoms with Crippen LogP contribution in [0.2, 0.25) is 0 Å². The number of alkyl halides is 3. The van der Waals surface area contributed by atoms with Crippen LogP contribution >= 0.6 is 0 Å². The van der Waals surface area contributed by atoms with Crippen molar-refractivity contribution >= 4 is 16.9 Å². The Hall–Kier alpha value is -2.32. The Balaban J connectivity index is 2.01. The third-order valence-corrected chi connectivity index (χ3v) is 4.34. The Bertz CT molecular complexity index is 853. The standard InChI is InChI=1S/C15H17F3N4O2/c1-8-6-10(11-12(19-8)21(2)20-13(11)23)14(24)22-5-3-4-9(7-22)15(16,17)18/h6,9H,3-5,7H2,1-2H3,(H,20,23)/t9-/m1/s1. The molecule has 1 atom stereocenters. The summed E-state index contributed by atoms with van der Waals surface area (Å²) >= 11 is 0. The van der Waals surface area contributed by atoms with Crippen LogP contribution in [0.5, 0.6) is 0 Å². The van der Waals surface area contributed by atoms with Gasteiger partial charge in [-0.25, -0.2) is 4.98 Å². The van der Waals surface area contributed by atoms with E-state index in [0.717, 1.165) is 0 Å². The molecule has 6 nitrogen and oxygen atoms in total. The molecule has 3 rings (SSSR count). The van der Waals surface area contributed by atoms with Crippen LogP contribution in [0.15, 0.2) is 10.9 Å². The number of aromatic amines is 1. The van der Waals surface area contributed by atoms with Crippen molar-refractivity contribution in [3.63, 3.8) is 0 Å². The van der Waals surface area contributed by atoms with Gasteiger partial charge in [-0.2, -0.15) is 13.2 Å². The summed E-state index contributed by atoms with van der Waals surface area (Å²) < 4.78 is 40.3. The molecule has 1 aliphatic rings. The predicted octanol–water partition coefficient (Wildman–Crippen LogP) is 1.98. The Kier molecular flexibility index (Phi) is 3.89. The molecule has 0 radical (unpaired) electrons. The number of carbonyl (C=O) groups is 1. The van der Waals surface area contributed by atoms with Gasteiger partial charge in [0.15, 0.2) is 5.65 Å². The minimum atomic E-state index is -4.33. The average Bonchev–Trinajstić information content (AvgIpc) is 2.79. The molecule has 0 aromatic carbocycles. The molecule has 24 heavy (non-hydrogen) atoms. The molecule has 1 N–H and O–H groups in total. The molecule has 3 heterocycles. The second-order valence-corrected chi connectivity index (χ2v) is 6.14. The Morgan fingerprint density at radius 1 is 1.42 bits per heavy atom. The quantitative estimate of drug-likeness (QED) is 0.861. The first-order chi connectivity index (χ1) is 11.2. The van der Waals surface area contributed by atoms with Crippen LogP contribution in [0, 0.1) is 12.8 Å². The molecule has 1 amide bonds.